The van der Waals surface area contributed by atoms with E-state index in [9.17, 15) is 4.79 Å². The summed E-state index contributed by atoms with van der Waals surface area (Å²) in [6, 6.07) is 2.06. The molecule has 0 saturated carbocycles. The van der Waals surface area contributed by atoms with Crippen molar-refractivity contribution in [1.82, 2.24) is 0 Å². The molecule has 66 valence electrons. The quantitative estimate of drug-likeness (QED) is 0.672. The van der Waals surface area contributed by atoms with Gasteiger partial charge in [-0.3, -0.25) is 4.79 Å². The van der Waals surface area contributed by atoms with Gasteiger partial charge in [-0.15, -0.1) is 11.3 Å². The van der Waals surface area contributed by atoms with Gasteiger partial charge in [-0.2, -0.15) is 0 Å². The summed E-state index contributed by atoms with van der Waals surface area (Å²) in [4.78, 5) is 12.1. The van der Waals surface area contributed by atoms with Crippen LogP contribution in [0.5, 0.6) is 0 Å². The highest BCUT2D eigenvalue weighted by atomic mass is 32.1. The fourth-order valence-corrected chi connectivity index (χ4v) is 2.00. The summed E-state index contributed by atoms with van der Waals surface area (Å²) in [6.07, 6.45) is 1.40. The summed E-state index contributed by atoms with van der Waals surface area (Å²) in [7, 11) is 1.42. The van der Waals surface area contributed by atoms with E-state index in [1.165, 1.54) is 12.7 Å². The second-order valence-corrected chi connectivity index (χ2v) is 3.48. The van der Waals surface area contributed by atoms with Crippen molar-refractivity contribution in [2.75, 3.05) is 7.11 Å². The van der Waals surface area contributed by atoms with Crippen LogP contribution in [0.2, 0.25) is 0 Å². The van der Waals surface area contributed by atoms with E-state index in [0.29, 0.717) is 6.42 Å². The maximum atomic E-state index is 10.9. The van der Waals surface area contributed by atoms with Crippen LogP contribution < -0.4 is 0 Å². The zero-order chi connectivity index (χ0) is 8.97. The molecule has 0 bridgehead atoms. The Morgan fingerprint density at radius 1 is 1.67 bits per heavy atom. The molecule has 0 aromatic carbocycles. The Bertz CT molecular complexity index is 265. The van der Waals surface area contributed by atoms with Gasteiger partial charge in [-0.25, -0.2) is 0 Å². The fourth-order valence-electron chi connectivity index (χ4n) is 1.04. The molecule has 0 fully saturated rings. The van der Waals surface area contributed by atoms with Crippen LogP contribution in [-0.4, -0.2) is 13.1 Å². The summed E-state index contributed by atoms with van der Waals surface area (Å²) in [5.41, 5.74) is 1.26. The fraction of sp³-hybridized carbons (Fsp3) is 0.444. The predicted octanol–water partition coefficient (Wildman–Crippen LogP) is 2.03. The third kappa shape index (κ3) is 2.08. The normalized spacial score (nSPS) is 9.83. The molecule has 0 amide bonds. The third-order valence-electron chi connectivity index (χ3n) is 1.75. The van der Waals surface area contributed by atoms with E-state index < -0.39 is 0 Å². The number of rotatable bonds is 3. The minimum atomic E-state index is -0.160. The predicted molar refractivity (Wildman–Crippen MR) is 49.4 cm³/mol. The largest absolute Gasteiger partial charge is 0.469 e. The molecule has 0 atom stereocenters. The smallest absolute Gasteiger partial charge is 0.310 e. The first-order valence-electron chi connectivity index (χ1n) is 3.90. The lowest BCUT2D eigenvalue weighted by Crippen LogP contribution is -2.04. The van der Waals surface area contributed by atoms with Gasteiger partial charge >= 0.3 is 5.97 Å². The van der Waals surface area contributed by atoms with Crippen molar-refractivity contribution >= 4 is 17.3 Å². The van der Waals surface area contributed by atoms with E-state index in [-0.39, 0.29) is 5.97 Å². The number of hydrogen-bond acceptors (Lipinski definition) is 3. The van der Waals surface area contributed by atoms with E-state index in [1.54, 1.807) is 11.3 Å². The minimum absolute atomic E-state index is 0.160. The monoisotopic (exact) mass is 184 g/mol. The van der Waals surface area contributed by atoms with Crippen LogP contribution in [0.25, 0.3) is 0 Å². The highest BCUT2D eigenvalue weighted by Crippen LogP contribution is 2.17. The van der Waals surface area contributed by atoms with Crippen molar-refractivity contribution < 1.29 is 9.53 Å². The van der Waals surface area contributed by atoms with Gasteiger partial charge in [0.05, 0.1) is 13.5 Å². The molecule has 12 heavy (non-hydrogen) atoms. The lowest BCUT2D eigenvalue weighted by Gasteiger charge is -1.98. The molecule has 1 aromatic rings. The van der Waals surface area contributed by atoms with Gasteiger partial charge < -0.3 is 4.74 Å². The second-order valence-electron chi connectivity index (χ2n) is 2.48. The Labute approximate surface area is 76.2 Å². The Balaban J connectivity index is 2.68. The van der Waals surface area contributed by atoms with Gasteiger partial charge in [-0.05, 0) is 23.4 Å². The van der Waals surface area contributed by atoms with E-state index in [2.05, 4.69) is 17.7 Å². The number of aryl methyl sites for hydroxylation is 1. The lowest BCUT2D eigenvalue weighted by atomic mass is 10.2. The van der Waals surface area contributed by atoms with Gasteiger partial charge in [0.15, 0.2) is 0 Å². The molecule has 3 heteroatoms. The molecular weight excluding hydrogens is 172 g/mol. The first kappa shape index (κ1) is 9.26. The topological polar surface area (TPSA) is 26.3 Å². The molecule has 0 spiro atoms. The van der Waals surface area contributed by atoms with Crippen molar-refractivity contribution in [3.05, 3.63) is 21.9 Å². The number of hydrogen-bond donors (Lipinski definition) is 0. The van der Waals surface area contributed by atoms with Gasteiger partial charge in [0.1, 0.15) is 0 Å². The van der Waals surface area contributed by atoms with Gasteiger partial charge in [0.25, 0.3) is 0 Å². The number of methoxy groups -OCH3 is 1. The maximum Gasteiger partial charge on any atom is 0.310 e. The molecule has 0 radical (unpaired) electrons. The van der Waals surface area contributed by atoms with E-state index in [0.717, 1.165) is 11.3 Å². The van der Waals surface area contributed by atoms with Crippen LogP contribution in [0.4, 0.5) is 0 Å². The summed E-state index contributed by atoms with van der Waals surface area (Å²) in [5, 5.41) is 2.01. The summed E-state index contributed by atoms with van der Waals surface area (Å²) in [6.45, 7) is 2.09. The molecule has 1 heterocycles. The Hall–Kier alpha value is -0.830. The standard InChI is InChI=1S/C9H12O2S/c1-3-7-4-5-12-8(7)6-9(10)11-2/h4-5H,3,6H2,1-2H3. The van der Waals surface area contributed by atoms with Gasteiger partial charge in [0.2, 0.25) is 0 Å². The average molecular weight is 184 g/mol. The molecule has 0 N–H and O–H groups in total. The van der Waals surface area contributed by atoms with Crippen LogP contribution >= 0.6 is 11.3 Å². The van der Waals surface area contributed by atoms with Crippen LogP contribution in [0.15, 0.2) is 11.4 Å². The van der Waals surface area contributed by atoms with Crippen molar-refractivity contribution in [3.63, 3.8) is 0 Å². The average Bonchev–Trinajstić information content (AvgIpc) is 2.51. The first-order chi connectivity index (χ1) is 5.77. The number of ether oxygens (including phenoxy) is 1. The molecule has 0 aliphatic rings. The summed E-state index contributed by atoms with van der Waals surface area (Å²) < 4.78 is 4.59. The van der Waals surface area contributed by atoms with Crippen LogP contribution in [0.3, 0.4) is 0 Å². The summed E-state index contributed by atoms with van der Waals surface area (Å²) >= 11 is 1.62. The van der Waals surface area contributed by atoms with Crippen LogP contribution in [0.1, 0.15) is 17.4 Å². The maximum absolute atomic E-state index is 10.9. The van der Waals surface area contributed by atoms with E-state index in [4.69, 9.17) is 0 Å². The number of carbonyl (C=O) groups excluding carboxylic acids is 1. The van der Waals surface area contributed by atoms with Crippen LogP contribution in [-0.2, 0) is 22.4 Å². The Morgan fingerprint density at radius 3 is 3.00 bits per heavy atom. The second kappa shape index (κ2) is 4.26. The zero-order valence-corrected chi connectivity index (χ0v) is 8.11. The van der Waals surface area contributed by atoms with Gasteiger partial charge in [0, 0.05) is 4.88 Å². The van der Waals surface area contributed by atoms with Crippen molar-refractivity contribution in [2.45, 2.75) is 19.8 Å². The molecule has 0 saturated heterocycles. The molecule has 2 nitrogen and oxygen atoms in total. The molecule has 1 rings (SSSR count). The third-order valence-corrected chi connectivity index (χ3v) is 2.71. The minimum Gasteiger partial charge on any atom is -0.469 e. The van der Waals surface area contributed by atoms with E-state index in [1.807, 2.05) is 5.38 Å². The number of thiophene rings is 1. The summed E-state index contributed by atoms with van der Waals surface area (Å²) in [5.74, 6) is -0.160. The molecule has 1 aromatic heterocycles. The molecule has 0 aliphatic carbocycles. The molecular formula is C9H12O2S. The molecule has 0 aliphatic heterocycles. The first-order valence-corrected chi connectivity index (χ1v) is 4.78. The Morgan fingerprint density at radius 2 is 2.42 bits per heavy atom. The zero-order valence-electron chi connectivity index (χ0n) is 7.29. The lowest BCUT2D eigenvalue weighted by molar-refractivity contribution is -0.139. The highest BCUT2D eigenvalue weighted by molar-refractivity contribution is 7.10. The van der Waals surface area contributed by atoms with Crippen molar-refractivity contribution in [2.24, 2.45) is 0 Å². The van der Waals surface area contributed by atoms with Crippen molar-refractivity contribution in [1.29, 1.82) is 0 Å². The highest BCUT2D eigenvalue weighted by Gasteiger charge is 2.07. The molecule has 0 unspecified atom stereocenters. The number of carbonyl (C=O) groups is 1. The van der Waals surface area contributed by atoms with E-state index >= 15 is 0 Å². The van der Waals surface area contributed by atoms with Gasteiger partial charge in [-0.1, -0.05) is 6.92 Å². The Kier molecular flexibility index (Phi) is 3.29. The number of esters is 1. The van der Waals surface area contributed by atoms with Crippen LogP contribution in [0, 0.1) is 0 Å². The SMILES string of the molecule is CCc1ccsc1CC(=O)OC. The van der Waals surface area contributed by atoms with Crippen molar-refractivity contribution in [3.8, 4) is 0 Å².